The standard InChI is InChI=1S/C19H26BrN5S.HI/c1-13-18(26-14(2)23-13)8-10-22-19(21-3)24-16-9-11-25(12-16)17-6-4-15(20)5-7-17;/h4-7,16H,8-12H2,1-3H3,(H2,21,22,24);1H. The van der Waals surface area contributed by atoms with Crippen LogP contribution >= 0.6 is 51.2 Å². The molecule has 0 spiro atoms. The first-order chi connectivity index (χ1) is 12.5. The predicted molar refractivity (Wildman–Crippen MR) is 130 cm³/mol. The van der Waals surface area contributed by atoms with Gasteiger partial charge in [-0.3, -0.25) is 4.99 Å². The molecule has 2 heterocycles. The molecule has 0 amide bonds. The van der Waals surface area contributed by atoms with Crippen molar-refractivity contribution in [3.05, 3.63) is 44.3 Å². The minimum atomic E-state index is 0. The van der Waals surface area contributed by atoms with Crippen LogP contribution in [0.1, 0.15) is 22.0 Å². The summed E-state index contributed by atoms with van der Waals surface area (Å²) < 4.78 is 1.12. The lowest BCUT2D eigenvalue weighted by Crippen LogP contribution is -2.45. The molecule has 1 fully saturated rings. The van der Waals surface area contributed by atoms with Crippen LogP contribution in [-0.4, -0.2) is 43.7 Å². The van der Waals surface area contributed by atoms with Gasteiger partial charge in [0, 0.05) is 54.2 Å². The monoisotopic (exact) mass is 563 g/mol. The van der Waals surface area contributed by atoms with Crippen LogP contribution in [-0.2, 0) is 6.42 Å². The Morgan fingerprint density at radius 2 is 2.07 bits per heavy atom. The molecule has 148 valence electrons. The van der Waals surface area contributed by atoms with Gasteiger partial charge in [0.1, 0.15) is 0 Å². The predicted octanol–water partition coefficient (Wildman–Crippen LogP) is 4.13. The molecule has 0 bridgehead atoms. The minimum Gasteiger partial charge on any atom is -0.369 e. The maximum Gasteiger partial charge on any atom is 0.191 e. The molecule has 1 aromatic carbocycles. The second-order valence-corrected chi connectivity index (χ2v) is 8.75. The molecule has 0 radical (unpaired) electrons. The van der Waals surface area contributed by atoms with Crippen molar-refractivity contribution in [2.24, 2.45) is 4.99 Å². The van der Waals surface area contributed by atoms with Crippen LogP contribution in [0.4, 0.5) is 5.69 Å². The van der Waals surface area contributed by atoms with E-state index in [9.17, 15) is 0 Å². The molecule has 1 atom stereocenters. The van der Waals surface area contributed by atoms with Gasteiger partial charge in [0.05, 0.1) is 10.7 Å². The van der Waals surface area contributed by atoms with Crippen LogP contribution < -0.4 is 15.5 Å². The summed E-state index contributed by atoms with van der Waals surface area (Å²) in [5.74, 6) is 0.881. The van der Waals surface area contributed by atoms with Crippen LogP contribution in [0.3, 0.4) is 0 Å². The number of nitrogens with zero attached hydrogens (tertiary/aromatic N) is 3. The Labute approximate surface area is 191 Å². The number of rotatable bonds is 5. The molecule has 0 saturated carbocycles. The average Bonchev–Trinajstić information content (AvgIpc) is 3.21. The molecule has 1 unspecified atom stereocenters. The zero-order valence-corrected chi connectivity index (χ0v) is 20.7. The third-order valence-electron chi connectivity index (χ3n) is 4.59. The van der Waals surface area contributed by atoms with Crippen molar-refractivity contribution >= 4 is 62.9 Å². The lowest BCUT2D eigenvalue weighted by molar-refractivity contribution is 0.648. The zero-order valence-electron chi connectivity index (χ0n) is 16.0. The molecular weight excluding hydrogens is 537 g/mol. The van der Waals surface area contributed by atoms with Crippen LogP contribution in [0.15, 0.2) is 33.7 Å². The molecule has 1 aliphatic heterocycles. The number of hydrogen-bond donors (Lipinski definition) is 2. The van der Waals surface area contributed by atoms with E-state index in [-0.39, 0.29) is 24.0 Å². The van der Waals surface area contributed by atoms with Crippen molar-refractivity contribution in [3.8, 4) is 0 Å². The highest BCUT2D eigenvalue weighted by Crippen LogP contribution is 2.22. The number of hydrogen-bond acceptors (Lipinski definition) is 4. The summed E-state index contributed by atoms with van der Waals surface area (Å²) in [6, 6.07) is 8.94. The van der Waals surface area contributed by atoms with E-state index >= 15 is 0 Å². The van der Waals surface area contributed by atoms with Crippen molar-refractivity contribution in [2.75, 3.05) is 31.6 Å². The Morgan fingerprint density at radius 3 is 2.70 bits per heavy atom. The van der Waals surface area contributed by atoms with Crippen LogP contribution in [0.2, 0.25) is 0 Å². The summed E-state index contributed by atoms with van der Waals surface area (Å²) in [6.07, 6.45) is 2.09. The number of thiazole rings is 1. The normalized spacial score (nSPS) is 17.0. The van der Waals surface area contributed by atoms with Gasteiger partial charge in [0.25, 0.3) is 0 Å². The number of halogens is 2. The molecule has 2 N–H and O–H groups in total. The number of aliphatic imine (C=N–C) groups is 1. The third-order valence-corrected chi connectivity index (χ3v) is 6.25. The molecule has 8 heteroatoms. The Kier molecular flexibility index (Phi) is 8.81. The van der Waals surface area contributed by atoms with E-state index in [1.807, 2.05) is 7.05 Å². The fraction of sp³-hybridized carbons (Fsp3) is 0.474. The Hall–Kier alpha value is -0.870. The van der Waals surface area contributed by atoms with Gasteiger partial charge in [0.15, 0.2) is 5.96 Å². The molecule has 2 aromatic rings. The fourth-order valence-corrected chi connectivity index (χ4v) is 4.45. The largest absolute Gasteiger partial charge is 0.369 e. The first-order valence-electron chi connectivity index (χ1n) is 8.95. The minimum absolute atomic E-state index is 0. The SMILES string of the molecule is CN=C(NCCc1sc(C)nc1C)NC1CCN(c2ccc(Br)cc2)C1.I. The molecule has 3 rings (SSSR count). The highest BCUT2D eigenvalue weighted by molar-refractivity contribution is 14.0. The highest BCUT2D eigenvalue weighted by atomic mass is 127. The van der Waals surface area contributed by atoms with Gasteiger partial charge < -0.3 is 15.5 Å². The van der Waals surface area contributed by atoms with E-state index in [1.54, 1.807) is 11.3 Å². The lowest BCUT2D eigenvalue weighted by atomic mass is 10.2. The highest BCUT2D eigenvalue weighted by Gasteiger charge is 2.23. The molecule has 27 heavy (non-hydrogen) atoms. The van der Waals surface area contributed by atoms with E-state index in [0.29, 0.717) is 6.04 Å². The number of guanidine groups is 1. The lowest BCUT2D eigenvalue weighted by Gasteiger charge is -2.20. The van der Waals surface area contributed by atoms with E-state index in [1.165, 1.54) is 10.6 Å². The van der Waals surface area contributed by atoms with Gasteiger partial charge in [-0.05, 0) is 44.5 Å². The fourth-order valence-electron chi connectivity index (χ4n) is 3.25. The molecule has 1 aliphatic rings. The third kappa shape index (κ3) is 6.32. The second-order valence-electron chi connectivity index (χ2n) is 6.54. The molecule has 1 saturated heterocycles. The van der Waals surface area contributed by atoms with E-state index in [4.69, 9.17) is 0 Å². The molecule has 1 aromatic heterocycles. The second kappa shape index (κ2) is 10.6. The summed E-state index contributed by atoms with van der Waals surface area (Å²) in [5.41, 5.74) is 2.43. The van der Waals surface area contributed by atoms with Crippen molar-refractivity contribution < 1.29 is 0 Å². The number of anilines is 1. The first-order valence-corrected chi connectivity index (χ1v) is 10.6. The smallest absolute Gasteiger partial charge is 0.191 e. The summed E-state index contributed by atoms with van der Waals surface area (Å²) >= 11 is 5.28. The Bertz CT molecular complexity index is 762. The average molecular weight is 564 g/mol. The van der Waals surface area contributed by atoms with E-state index in [0.717, 1.165) is 53.6 Å². The van der Waals surface area contributed by atoms with Crippen LogP contribution in [0, 0.1) is 13.8 Å². The van der Waals surface area contributed by atoms with Crippen molar-refractivity contribution in [3.63, 3.8) is 0 Å². The van der Waals surface area contributed by atoms with Gasteiger partial charge in [0.2, 0.25) is 0 Å². The van der Waals surface area contributed by atoms with E-state index < -0.39 is 0 Å². The van der Waals surface area contributed by atoms with Gasteiger partial charge in [-0.2, -0.15) is 0 Å². The molecule has 0 aliphatic carbocycles. The van der Waals surface area contributed by atoms with Crippen molar-refractivity contribution in [1.29, 1.82) is 0 Å². The number of benzene rings is 1. The van der Waals surface area contributed by atoms with Crippen LogP contribution in [0.25, 0.3) is 0 Å². The zero-order chi connectivity index (χ0) is 18.5. The van der Waals surface area contributed by atoms with Gasteiger partial charge >= 0.3 is 0 Å². The number of nitrogens with one attached hydrogen (secondary N) is 2. The van der Waals surface area contributed by atoms with E-state index in [2.05, 4.69) is 79.6 Å². The summed E-state index contributed by atoms with van der Waals surface area (Å²) in [6.45, 7) is 7.07. The Morgan fingerprint density at radius 1 is 1.33 bits per heavy atom. The summed E-state index contributed by atoms with van der Waals surface area (Å²) in [5, 5.41) is 8.13. The van der Waals surface area contributed by atoms with Crippen molar-refractivity contribution in [2.45, 2.75) is 32.7 Å². The maximum atomic E-state index is 4.49. The summed E-state index contributed by atoms with van der Waals surface area (Å²) in [7, 11) is 1.83. The molecular formula is C19H27BrIN5S. The van der Waals surface area contributed by atoms with Gasteiger partial charge in [-0.25, -0.2) is 4.98 Å². The van der Waals surface area contributed by atoms with Gasteiger partial charge in [-0.15, -0.1) is 35.3 Å². The topological polar surface area (TPSA) is 52.6 Å². The Balaban J connectivity index is 0.00000261. The van der Waals surface area contributed by atoms with Gasteiger partial charge in [-0.1, -0.05) is 15.9 Å². The summed E-state index contributed by atoms with van der Waals surface area (Å²) in [4.78, 5) is 12.6. The van der Waals surface area contributed by atoms with Crippen LogP contribution in [0.5, 0.6) is 0 Å². The number of aromatic nitrogens is 1. The molecule has 5 nitrogen and oxygen atoms in total. The quantitative estimate of drug-likeness (QED) is 0.326. The number of aryl methyl sites for hydroxylation is 2. The van der Waals surface area contributed by atoms with Crippen molar-refractivity contribution in [1.82, 2.24) is 15.6 Å². The first kappa shape index (κ1) is 22.4. The maximum absolute atomic E-state index is 4.49.